The Morgan fingerprint density at radius 3 is 2.62 bits per heavy atom. The molecule has 0 fully saturated rings. The molecular weight excluding hydrogens is 198 g/mol. The SMILES string of the molecule is CCc1ccccc1CNCc1ccn[nH]1. The molecule has 1 heterocycles. The molecule has 2 N–H and O–H groups in total. The van der Waals surface area contributed by atoms with Crippen molar-refractivity contribution in [2.24, 2.45) is 0 Å². The smallest absolute Gasteiger partial charge is 0.0490 e. The number of H-pyrrole nitrogens is 1. The molecule has 0 saturated heterocycles. The van der Waals surface area contributed by atoms with Crippen molar-refractivity contribution in [1.82, 2.24) is 15.5 Å². The first-order chi connectivity index (χ1) is 7.90. The van der Waals surface area contributed by atoms with Crippen molar-refractivity contribution >= 4 is 0 Å². The zero-order chi connectivity index (χ0) is 11.2. The lowest BCUT2D eigenvalue weighted by molar-refractivity contribution is 0.673. The molecule has 0 atom stereocenters. The molecule has 0 bridgehead atoms. The van der Waals surface area contributed by atoms with Gasteiger partial charge in [0.15, 0.2) is 0 Å². The Labute approximate surface area is 95.9 Å². The van der Waals surface area contributed by atoms with Crippen LogP contribution in [0.3, 0.4) is 0 Å². The Morgan fingerprint density at radius 1 is 1.12 bits per heavy atom. The van der Waals surface area contributed by atoms with Gasteiger partial charge in [0, 0.05) is 25.0 Å². The average molecular weight is 215 g/mol. The van der Waals surface area contributed by atoms with E-state index < -0.39 is 0 Å². The quantitative estimate of drug-likeness (QED) is 0.803. The predicted molar refractivity (Wildman–Crippen MR) is 65.0 cm³/mol. The van der Waals surface area contributed by atoms with Crippen LogP contribution in [0.5, 0.6) is 0 Å². The van der Waals surface area contributed by atoms with E-state index in [0.717, 1.165) is 25.2 Å². The summed E-state index contributed by atoms with van der Waals surface area (Å²) in [5.74, 6) is 0. The lowest BCUT2D eigenvalue weighted by atomic mass is 10.1. The topological polar surface area (TPSA) is 40.7 Å². The summed E-state index contributed by atoms with van der Waals surface area (Å²) in [5, 5.41) is 10.3. The number of hydrogen-bond donors (Lipinski definition) is 2. The van der Waals surface area contributed by atoms with Gasteiger partial charge in [-0.05, 0) is 23.6 Å². The van der Waals surface area contributed by atoms with Gasteiger partial charge in [-0.15, -0.1) is 0 Å². The molecule has 3 heteroatoms. The second-order valence-electron chi connectivity index (χ2n) is 3.81. The van der Waals surface area contributed by atoms with Gasteiger partial charge < -0.3 is 5.32 Å². The van der Waals surface area contributed by atoms with Crippen LogP contribution in [0.2, 0.25) is 0 Å². The molecule has 1 aromatic carbocycles. The second kappa shape index (κ2) is 5.47. The van der Waals surface area contributed by atoms with Crippen LogP contribution in [0.25, 0.3) is 0 Å². The first kappa shape index (κ1) is 10.9. The molecule has 0 unspecified atom stereocenters. The monoisotopic (exact) mass is 215 g/mol. The highest BCUT2D eigenvalue weighted by atomic mass is 15.1. The summed E-state index contributed by atoms with van der Waals surface area (Å²) in [6, 6.07) is 10.5. The lowest BCUT2D eigenvalue weighted by Gasteiger charge is -2.08. The number of nitrogens with zero attached hydrogens (tertiary/aromatic N) is 1. The summed E-state index contributed by atoms with van der Waals surface area (Å²) in [6.45, 7) is 3.93. The van der Waals surface area contributed by atoms with E-state index in [1.54, 1.807) is 6.20 Å². The molecule has 0 aliphatic carbocycles. The molecule has 2 rings (SSSR count). The molecule has 2 aromatic rings. The van der Waals surface area contributed by atoms with Crippen molar-refractivity contribution < 1.29 is 0 Å². The van der Waals surface area contributed by atoms with Crippen molar-refractivity contribution in [2.45, 2.75) is 26.4 Å². The minimum absolute atomic E-state index is 0.831. The third-order valence-corrected chi connectivity index (χ3v) is 2.69. The number of aromatic amines is 1. The van der Waals surface area contributed by atoms with Crippen molar-refractivity contribution in [3.63, 3.8) is 0 Å². The maximum Gasteiger partial charge on any atom is 0.0490 e. The van der Waals surface area contributed by atoms with Crippen LogP contribution in [-0.4, -0.2) is 10.2 Å². The molecule has 84 valence electrons. The number of nitrogens with one attached hydrogen (secondary N) is 2. The number of aromatic nitrogens is 2. The largest absolute Gasteiger partial charge is 0.307 e. The van der Waals surface area contributed by atoms with Crippen LogP contribution in [0, 0.1) is 0 Å². The second-order valence-corrected chi connectivity index (χ2v) is 3.81. The van der Waals surface area contributed by atoms with Crippen LogP contribution in [-0.2, 0) is 19.5 Å². The van der Waals surface area contributed by atoms with E-state index in [1.807, 2.05) is 6.07 Å². The number of hydrogen-bond acceptors (Lipinski definition) is 2. The highest BCUT2D eigenvalue weighted by molar-refractivity contribution is 5.26. The summed E-state index contributed by atoms with van der Waals surface area (Å²) in [7, 11) is 0. The number of benzene rings is 1. The Balaban J connectivity index is 1.89. The fourth-order valence-corrected chi connectivity index (χ4v) is 1.79. The van der Waals surface area contributed by atoms with Crippen LogP contribution >= 0.6 is 0 Å². The fraction of sp³-hybridized carbons (Fsp3) is 0.308. The van der Waals surface area contributed by atoms with E-state index in [4.69, 9.17) is 0 Å². The van der Waals surface area contributed by atoms with Gasteiger partial charge >= 0.3 is 0 Å². The highest BCUT2D eigenvalue weighted by Crippen LogP contribution is 2.09. The van der Waals surface area contributed by atoms with Crippen molar-refractivity contribution in [2.75, 3.05) is 0 Å². The predicted octanol–water partition coefficient (Wildman–Crippen LogP) is 2.26. The van der Waals surface area contributed by atoms with Gasteiger partial charge in [-0.3, -0.25) is 5.10 Å². The normalized spacial score (nSPS) is 10.6. The Hall–Kier alpha value is -1.61. The molecule has 16 heavy (non-hydrogen) atoms. The first-order valence-electron chi connectivity index (χ1n) is 5.66. The Bertz CT molecular complexity index is 421. The van der Waals surface area contributed by atoms with E-state index in [9.17, 15) is 0 Å². The molecule has 3 nitrogen and oxygen atoms in total. The standard InChI is InChI=1S/C13H17N3/c1-2-11-5-3-4-6-12(11)9-14-10-13-7-8-15-16-13/h3-8,14H,2,9-10H2,1H3,(H,15,16). The zero-order valence-corrected chi connectivity index (χ0v) is 9.53. The summed E-state index contributed by atoms with van der Waals surface area (Å²) < 4.78 is 0. The summed E-state index contributed by atoms with van der Waals surface area (Å²) >= 11 is 0. The van der Waals surface area contributed by atoms with Crippen molar-refractivity contribution in [3.05, 3.63) is 53.3 Å². The van der Waals surface area contributed by atoms with E-state index in [2.05, 4.69) is 46.7 Å². The minimum Gasteiger partial charge on any atom is -0.307 e. The molecule has 0 spiro atoms. The minimum atomic E-state index is 0.831. The van der Waals surface area contributed by atoms with Crippen LogP contribution in [0.1, 0.15) is 23.7 Å². The third-order valence-electron chi connectivity index (χ3n) is 2.69. The molecule has 0 aliphatic heterocycles. The molecule has 0 radical (unpaired) electrons. The Kier molecular flexibility index (Phi) is 3.72. The number of aryl methyl sites for hydroxylation is 1. The first-order valence-corrected chi connectivity index (χ1v) is 5.66. The highest BCUT2D eigenvalue weighted by Gasteiger charge is 1.99. The molecule has 0 aliphatic rings. The molecule has 0 amide bonds. The molecule has 0 saturated carbocycles. The summed E-state index contributed by atoms with van der Waals surface area (Å²) in [4.78, 5) is 0. The number of rotatable bonds is 5. The van der Waals surface area contributed by atoms with Gasteiger partial charge in [0.1, 0.15) is 0 Å². The maximum atomic E-state index is 3.92. The van der Waals surface area contributed by atoms with E-state index in [0.29, 0.717) is 0 Å². The van der Waals surface area contributed by atoms with E-state index >= 15 is 0 Å². The summed E-state index contributed by atoms with van der Waals surface area (Å²) in [6.07, 6.45) is 2.86. The van der Waals surface area contributed by atoms with Crippen molar-refractivity contribution in [1.29, 1.82) is 0 Å². The van der Waals surface area contributed by atoms with Crippen LogP contribution < -0.4 is 5.32 Å². The van der Waals surface area contributed by atoms with Gasteiger partial charge in [-0.25, -0.2) is 0 Å². The van der Waals surface area contributed by atoms with Crippen LogP contribution in [0.4, 0.5) is 0 Å². The van der Waals surface area contributed by atoms with Gasteiger partial charge in [-0.1, -0.05) is 31.2 Å². The van der Waals surface area contributed by atoms with E-state index in [-0.39, 0.29) is 0 Å². The maximum absolute atomic E-state index is 3.92. The van der Waals surface area contributed by atoms with E-state index in [1.165, 1.54) is 11.1 Å². The fourth-order valence-electron chi connectivity index (χ4n) is 1.79. The lowest BCUT2D eigenvalue weighted by Crippen LogP contribution is -2.14. The van der Waals surface area contributed by atoms with Crippen molar-refractivity contribution in [3.8, 4) is 0 Å². The van der Waals surface area contributed by atoms with Gasteiger partial charge in [0.25, 0.3) is 0 Å². The van der Waals surface area contributed by atoms with Gasteiger partial charge in [0.2, 0.25) is 0 Å². The summed E-state index contributed by atoms with van der Waals surface area (Å²) in [5.41, 5.74) is 3.91. The Morgan fingerprint density at radius 2 is 1.94 bits per heavy atom. The average Bonchev–Trinajstić information content (AvgIpc) is 2.83. The van der Waals surface area contributed by atoms with Gasteiger partial charge in [-0.2, -0.15) is 5.10 Å². The molecule has 1 aromatic heterocycles. The third kappa shape index (κ3) is 2.70. The van der Waals surface area contributed by atoms with Gasteiger partial charge in [0.05, 0.1) is 0 Å². The van der Waals surface area contributed by atoms with Crippen LogP contribution in [0.15, 0.2) is 36.5 Å². The zero-order valence-electron chi connectivity index (χ0n) is 9.53. The molecular formula is C13H17N3.